The molecule has 146 valence electrons. The van der Waals surface area contributed by atoms with Crippen LogP contribution in [0.4, 0.5) is 24.8 Å². The minimum Gasteiger partial charge on any atom is -0.383 e. The second-order valence-corrected chi connectivity index (χ2v) is 8.17. The maximum Gasteiger partial charge on any atom is 0.451 e. The van der Waals surface area contributed by atoms with Crippen molar-refractivity contribution in [3.8, 4) is 0 Å². The average Bonchev–Trinajstić information content (AvgIpc) is 3.25. The predicted octanol–water partition coefficient (Wildman–Crippen LogP) is 2.30. The van der Waals surface area contributed by atoms with Crippen molar-refractivity contribution in [2.45, 2.75) is 23.7 Å². The minimum absolute atomic E-state index is 0.129. The number of rotatable bonds is 4. The van der Waals surface area contributed by atoms with Gasteiger partial charge in [0.05, 0.1) is 30.0 Å². The Morgan fingerprint density at radius 3 is 2.93 bits per heavy atom. The van der Waals surface area contributed by atoms with Gasteiger partial charge in [-0.25, -0.2) is 15.0 Å². The summed E-state index contributed by atoms with van der Waals surface area (Å²) in [5.41, 5.74) is 5.72. The van der Waals surface area contributed by atoms with Crippen LogP contribution in [0.25, 0.3) is 0 Å². The van der Waals surface area contributed by atoms with Crippen molar-refractivity contribution in [2.24, 2.45) is 0 Å². The molecule has 1 fully saturated rings. The summed E-state index contributed by atoms with van der Waals surface area (Å²) in [6, 6.07) is 0. The summed E-state index contributed by atoms with van der Waals surface area (Å²) in [6.45, 7) is 3.25. The van der Waals surface area contributed by atoms with Gasteiger partial charge in [-0.2, -0.15) is 13.2 Å². The fourth-order valence-electron chi connectivity index (χ4n) is 3.08. The number of morpholine rings is 1. The average molecular weight is 418 g/mol. The number of anilines is 2. The molecule has 0 aliphatic carbocycles. The second-order valence-electron chi connectivity index (χ2n) is 6.23. The molecule has 1 atom stereocenters. The smallest absolute Gasteiger partial charge is 0.383 e. The molecule has 0 bridgehead atoms. The molecule has 0 radical (unpaired) electrons. The monoisotopic (exact) mass is 418 g/mol. The van der Waals surface area contributed by atoms with Crippen LogP contribution in [0.1, 0.15) is 10.8 Å². The number of hydrogen-bond acceptors (Lipinski definition) is 9. The first-order valence-electron chi connectivity index (χ1n) is 8.25. The Balaban J connectivity index is 1.46. The third-order valence-corrected chi connectivity index (χ3v) is 6.17. The van der Waals surface area contributed by atoms with E-state index in [1.165, 1.54) is 11.8 Å². The van der Waals surface area contributed by atoms with Crippen LogP contribution in [0.3, 0.4) is 0 Å². The van der Waals surface area contributed by atoms with Gasteiger partial charge in [-0.3, -0.25) is 4.90 Å². The van der Waals surface area contributed by atoms with Crippen LogP contribution in [0.5, 0.6) is 0 Å². The number of halogens is 3. The number of nitrogens with zero attached hydrogens (tertiary/aromatic N) is 5. The standard InChI is InChI=1S/C15H17F3N6OS2/c16-15(17,18)14-21-12(19)11-13(22-14)24(8-27-11)6-9-5-23(2-3-25-9)7-10-20-1-4-26-10/h1,4,9H,2-3,5-8H2,(H2,19,21,22)/t9-/m1/s1. The van der Waals surface area contributed by atoms with Gasteiger partial charge in [0, 0.05) is 31.2 Å². The Labute approximate surface area is 161 Å². The molecule has 2 aromatic heterocycles. The zero-order valence-corrected chi connectivity index (χ0v) is 15.8. The number of aromatic nitrogens is 3. The highest BCUT2D eigenvalue weighted by Crippen LogP contribution is 2.42. The first kappa shape index (κ1) is 18.7. The molecule has 1 saturated heterocycles. The van der Waals surface area contributed by atoms with E-state index >= 15 is 0 Å². The highest BCUT2D eigenvalue weighted by molar-refractivity contribution is 8.00. The number of hydrogen-bond donors (Lipinski definition) is 1. The lowest BCUT2D eigenvalue weighted by molar-refractivity contribution is -0.144. The number of nitrogens with two attached hydrogens (primary N) is 1. The number of thiazole rings is 1. The SMILES string of the molecule is Nc1nc(C(F)(F)F)nc2c1SCN2C[C@H]1CN(Cc2nccs2)CCO1. The highest BCUT2D eigenvalue weighted by Gasteiger charge is 2.38. The van der Waals surface area contributed by atoms with Crippen LogP contribution in [-0.2, 0) is 17.5 Å². The third-order valence-electron chi connectivity index (χ3n) is 4.28. The van der Waals surface area contributed by atoms with E-state index in [9.17, 15) is 13.2 Å². The lowest BCUT2D eigenvalue weighted by Gasteiger charge is -2.34. The number of ether oxygens (including phenoxy) is 1. The Morgan fingerprint density at radius 2 is 2.19 bits per heavy atom. The molecule has 0 saturated carbocycles. The van der Waals surface area contributed by atoms with Crippen LogP contribution < -0.4 is 10.6 Å². The summed E-state index contributed by atoms with van der Waals surface area (Å²) in [5.74, 6) is -0.626. The van der Waals surface area contributed by atoms with E-state index in [2.05, 4.69) is 19.9 Å². The maximum atomic E-state index is 13.0. The number of nitrogen functional groups attached to an aromatic ring is 1. The van der Waals surface area contributed by atoms with Crippen LogP contribution in [0, 0.1) is 0 Å². The van der Waals surface area contributed by atoms with Gasteiger partial charge in [0.25, 0.3) is 0 Å². The van der Waals surface area contributed by atoms with Crippen LogP contribution >= 0.6 is 23.1 Å². The fourth-order valence-corrected chi connectivity index (χ4v) is 4.75. The normalized spacial score (nSPS) is 20.9. The molecule has 2 aliphatic rings. The van der Waals surface area contributed by atoms with Crippen molar-refractivity contribution in [2.75, 3.05) is 42.8 Å². The summed E-state index contributed by atoms with van der Waals surface area (Å²) in [4.78, 5) is 15.9. The molecule has 27 heavy (non-hydrogen) atoms. The lowest BCUT2D eigenvalue weighted by Crippen LogP contribution is -2.47. The quantitative estimate of drug-likeness (QED) is 0.810. The van der Waals surface area contributed by atoms with Gasteiger partial charge < -0.3 is 15.4 Å². The first-order valence-corrected chi connectivity index (χ1v) is 10.1. The first-order chi connectivity index (χ1) is 12.9. The van der Waals surface area contributed by atoms with Crippen molar-refractivity contribution in [1.29, 1.82) is 0 Å². The largest absolute Gasteiger partial charge is 0.451 e. The molecular weight excluding hydrogens is 401 g/mol. The van der Waals surface area contributed by atoms with E-state index in [4.69, 9.17) is 10.5 Å². The number of thioether (sulfide) groups is 1. The molecule has 7 nitrogen and oxygen atoms in total. The van der Waals surface area contributed by atoms with E-state index < -0.39 is 12.0 Å². The van der Waals surface area contributed by atoms with Gasteiger partial charge in [-0.05, 0) is 0 Å². The summed E-state index contributed by atoms with van der Waals surface area (Å²) >= 11 is 2.95. The summed E-state index contributed by atoms with van der Waals surface area (Å²) in [7, 11) is 0. The summed E-state index contributed by atoms with van der Waals surface area (Å²) in [6.07, 6.45) is -2.98. The van der Waals surface area contributed by atoms with Gasteiger partial charge in [-0.1, -0.05) is 11.8 Å². The number of alkyl halides is 3. The van der Waals surface area contributed by atoms with E-state index in [0.717, 1.165) is 18.1 Å². The van der Waals surface area contributed by atoms with E-state index in [-0.39, 0.29) is 17.7 Å². The highest BCUT2D eigenvalue weighted by atomic mass is 32.2. The lowest BCUT2D eigenvalue weighted by atomic mass is 10.2. The Bertz CT molecular complexity index is 804. The topological polar surface area (TPSA) is 80.4 Å². The molecular formula is C15H17F3N6OS2. The molecule has 2 aliphatic heterocycles. The van der Waals surface area contributed by atoms with Crippen LogP contribution in [-0.4, -0.2) is 58.1 Å². The molecule has 4 heterocycles. The van der Waals surface area contributed by atoms with E-state index in [1.807, 2.05) is 5.38 Å². The molecule has 4 rings (SSSR count). The van der Waals surface area contributed by atoms with E-state index in [0.29, 0.717) is 30.5 Å². The van der Waals surface area contributed by atoms with Crippen molar-refractivity contribution < 1.29 is 17.9 Å². The van der Waals surface area contributed by atoms with Gasteiger partial charge >= 0.3 is 6.18 Å². The second kappa shape index (κ2) is 7.41. The van der Waals surface area contributed by atoms with Crippen molar-refractivity contribution in [3.63, 3.8) is 0 Å². The molecule has 0 spiro atoms. The fraction of sp³-hybridized carbons (Fsp3) is 0.533. The van der Waals surface area contributed by atoms with Crippen LogP contribution in [0.15, 0.2) is 16.5 Å². The van der Waals surface area contributed by atoms with Gasteiger partial charge in [0.2, 0.25) is 5.82 Å². The van der Waals surface area contributed by atoms with Crippen molar-refractivity contribution in [3.05, 3.63) is 22.4 Å². The molecule has 2 aromatic rings. The zero-order chi connectivity index (χ0) is 19.0. The molecule has 12 heteroatoms. The Hall–Kier alpha value is -1.63. The Morgan fingerprint density at radius 1 is 1.33 bits per heavy atom. The molecule has 2 N–H and O–H groups in total. The van der Waals surface area contributed by atoms with Gasteiger partial charge in [0.15, 0.2) is 0 Å². The maximum absolute atomic E-state index is 13.0. The molecule has 0 amide bonds. The predicted molar refractivity (Wildman–Crippen MR) is 96.6 cm³/mol. The summed E-state index contributed by atoms with van der Waals surface area (Å²) in [5, 5.41) is 2.97. The minimum atomic E-state index is -4.63. The third kappa shape index (κ3) is 4.13. The van der Waals surface area contributed by atoms with Crippen LogP contribution in [0.2, 0.25) is 0 Å². The zero-order valence-electron chi connectivity index (χ0n) is 14.1. The van der Waals surface area contributed by atoms with E-state index in [1.54, 1.807) is 22.4 Å². The van der Waals surface area contributed by atoms with Gasteiger partial charge in [0.1, 0.15) is 16.6 Å². The molecule has 0 aromatic carbocycles. The molecule has 0 unspecified atom stereocenters. The summed E-state index contributed by atoms with van der Waals surface area (Å²) < 4.78 is 44.9. The Kier molecular flexibility index (Phi) is 5.14. The van der Waals surface area contributed by atoms with Gasteiger partial charge in [-0.15, -0.1) is 11.3 Å². The van der Waals surface area contributed by atoms with Crippen molar-refractivity contribution in [1.82, 2.24) is 19.9 Å². The van der Waals surface area contributed by atoms with Crippen molar-refractivity contribution >= 4 is 34.7 Å². The number of fused-ring (bicyclic) bond motifs is 1.